The standard InChI is InChI=1S/C27H24F3N7O2/c1-14-22(12-35(3)34-14)37(11-18-10-36-9-17(27(28,29)30)5-7-23(36)32-18)26(38)16-4-6-21-19(8-16)20-13-39-15(2)24(20)25(31)33-21/h4-10,12,15H,11,13H2,1-3H3,(H2,31,33)/t15-/m0/s1/i11D2. The Morgan fingerprint density at radius 3 is 2.74 bits per heavy atom. The molecule has 0 spiro atoms. The van der Waals surface area contributed by atoms with Crippen molar-refractivity contribution in [3.05, 3.63) is 82.6 Å². The third kappa shape index (κ3) is 4.26. The van der Waals surface area contributed by atoms with Gasteiger partial charge in [0.1, 0.15) is 11.5 Å². The molecule has 0 bridgehead atoms. The van der Waals surface area contributed by atoms with Gasteiger partial charge in [-0.3, -0.25) is 14.4 Å². The lowest BCUT2D eigenvalue weighted by Gasteiger charge is -2.21. The third-order valence-electron chi connectivity index (χ3n) is 6.73. The fraction of sp³-hybridized carbons (Fsp3) is 0.259. The topological polar surface area (TPSA) is 104 Å². The highest BCUT2D eigenvalue weighted by molar-refractivity contribution is 6.08. The number of benzene rings is 1. The Morgan fingerprint density at radius 1 is 1.23 bits per heavy atom. The van der Waals surface area contributed by atoms with E-state index in [1.54, 1.807) is 26.1 Å². The molecule has 1 atom stereocenters. The number of imidazole rings is 1. The summed E-state index contributed by atoms with van der Waals surface area (Å²) in [6.45, 7) is 1.18. The van der Waals surface area contributed by atoms with Gasteiger partial charge in [-0.1, -0.05) is 0 Å². The zero-order valence-corrected chi connectivity index (χ0v) is 21.1. The van der Waals surface area contributed by atoms with Crippen LogP contribution in [0, 0.1) is 6.92 Å². The quantitative estimate of drug-likeness (QED) is 0.348. The van der Waals surface area contributed by atoms with Crippen molar-refractivity contribution in [2.24, 2.45) is 7.05 Å². The van der Waals surface area contributed by atoms with E-state index in [-0.39, 0.29) is 35.3 Å². The SMILES string of the molecule is [2H]C([2H])(c1cn2cc(C(F)(F)F)ccc2n1)N(C(=O)c1ccc2nc(N)c3c(c2c1)CO[C@H]3C)c1cn(C)nc1C. The summed E-state index contributed by atoms with van der Waals surface area (Å²) >= 11 is 0. The van der Waals surface area contributed by atoms with Gasteiger partial charge in [0.2, 0.25) is 0 Å². The Hall–Kier alpha value is -4.45. The number of nitrogens with zero attached hydrogens (tertiary/aromatic N) is 6. The Labute approximate surface area is 223 Å². The minimum atomic E-state index is -4.59. The number of halogens is 3. The number of rotatable bonds is 4. The van der Waals surface area contributed by atoms with E-state index in [0.717, 1.165) is 45.0 Å². The fourth-order valence-electron chi connectivity index (χ4n) is 4.88. The highest BCUT2D eigenvalue weighted by Crippen LogP contribution is 2.38. The highest BCUT2D eigenvalue weighted by atomic mass is 19.4. The van der Waals surface area contributed by atoms with Gasteiger partial charge in [-0.15, -0.1) is 0 Å². The summed E-state index contributed by atoms with van der Waals surface area (Å²) in [5.41, 5.74) is 7.89. The lowest BCUT2D eigenvalue weighted by molar-refractivity contribution is -0.137. The van der Waals surface area contributed by atoms with Crippen LogP contribution in [-0.2, 0) is 31.1 Å². The van der Waals surface area contributed by atoms with Gasteiger partial charge >= 0.3 is 6.18 Å². The van der Waals surface area contributed by atoms with Gasteiger partial charge in [0.25, 0.3) is 5.91 Å². The molecular weight excluding hydrogens is 511 g/mol. The number of amides is 1. The van der Waals surface area contributed by atoms with Gasteiger partial charge in [0.05, 0.1) is 50.1 Å². The van der Waals surface area contributed by atoms with Crippen molar-refractivity contribution in [2.75, 3.05) is 10.6 Å². The summed E-state index contributed by atoms with van der Waals surface area (Å²) in [6.07, 6.45) is -1.38. The second-order valence-corrected chi connectivity index (χ2v) is 9.41. The maximum Gasteiger partial charge on any atom is 0.417 e. The molecule has 0 aliphatic carbocycles. The number of pyridine rings is 2. The Balaban J connectivity index is 1.50. The largest absolute Gasteiger partial charge is 0.417 e. The molecule has 5 aromatic rings. The molecule has 2 N–H and O–H groups in total. The summed E-state index contributed by atoms with van der Waals surface area (Å²) in [6, 6.07) is 6.80. The average molecular weight is 538 g/mol. The molecule has 1 aromatic carbocycles. The van der Waals surface area contributed by atoms with E-state index >= 15 is 0 Å². The molecule has 1 amide bonds. The van der Waals surface area contributed by atoms with Crippen molar-refractivity contribution >= 4 is 34.0 Å². The Kier molecular flexibility index (Phi) is 5.08. The molecule has 9 nitrogen and oxygen atoms in total. The van der Waals surface area contributed by atoms with Gasteiger partial charge in [0, 0.05) is 42.2 Å². The number of fused-ring (bicyclic) bond motifs is 4. The van der Waals surface area contributed by atoms with Crippen LogP contribution in [0.3, 0.4) is 0 Å². The first-order valence-corrected chi connectivity index (χ1v) is 12.0. The normalized spacial score (nSPS) is 16.4. The van der Waals surface area contributed by atoms with Crippen molar-refractivity contribution in [1.82, 2.24) is 24.1 Å². The highest BCUT2D eigenvalue weighted by Gasteiger charge is 2.31. The number of aryl methyl sites for hydroxylation is 2. The van der Waals surface area contributed by atoms with Crippen LogP contribution >= 0.6 is 0 Å². The van der Waals surface area contributed by atoms with Crippen LogP contribution in [-0.4, -0.2) is 30.1 Å². The van der Waals surface area contributed by atoms with E-state index < -0.39 is 24.1 Å². The first kappa shape index (κ1) is 22.5. The van der Waals surface area contributed by atoms with Gasteiger partial charge in [-0.2, -0.15) is 18.3 Å². The maximum atomic E-state index is 14.2. The number of nitrogen functional groups attached to an aromatic ring is 1. The van der Waals surface area contributed by atoms with Gasteiger partial charge in [-0.05, 0) is 49.7 Å². The van der Waals surface area contributed by atoms with Crippen LogP contribution in [0.4, 0.5) is 24.7 Å². The third-order valence-corrected chi connectivity index (χ3v) is 6.73. The molecule has 0 fully saturated rings. The van der Waals surface area contributed by atoms with Crippen molar-refractivity contribution in [1.29, 1.82) is 0 Å². The van der Waals surface area contributed by atoms with Gasteiger partial charge in [-0.25, -0.2) is 9.97 Å². The summed E-state index contributed by atoms with van der Waals surface area (Å²) in [7, 11) is 1.63. The monoisotopic (exact) mass is 537 g/mol. The Bertz CT molecular complexity index is 1870. The number of anilines is 2. The predicted octanol–water partition coefficient (Wildman–Crippen LogP) is 4.96. The molecule has 6 rings (SSSR count). The Morgan fingerprint density at radius 2 is 2.03 bits per heavy atom. The van der Waals surface area contributed by atoms with Crippen LogP contribution in [0.25, 0.3) is 16.6 Å². The minimum absolute atomic E-state index is 0.0891. The second-order valence-electron chi connectivity index (χ2n) is 9.41. The molecular formula is C27H24F3N7O2. The number of carbonyl (C=O) groups excluding carboxylic acids is 1. The minimum Gasteiger partial charge on any atom is -0.383 e. The van der Waals surface area contributed by atoms with E-state index in [0.29, 0.717) is 22.4 Å². The molecule has 4 aromatic heterocycles. The molecule has 0 unspecified atom stereocenters. The summed E-state index contributed by atoms with van der Waals surface area (Å²) in [4.78, 5) is 23.8. The lowest BCUT2D eigenvalue weighted by atomic mass is 10.00. The van der Waals surface area contributed by atoms with Crippen molar-refractivity contribution in [2.45, 2.75) is 39.2 Å². The van der Waals surface area contributed by atoms with E-state index in [1.807, 2.05) is 6.92 Å². The first-order valence-electron chi connectivity index (χ1n) is 13.0. The van der Waals surface area contributed by atoms with Gasteiger partial charge in [0.15, 0.2) is 0 Å². The van der Waals surface area contributed by atoms with E-state index in [9.17, 15) is 18.0 Å². The molecule has 12 heteroatoms. The maximum absolute atomic E-state index is 14.2. The smallest absolute Gasteiger partial charge is 0.383 e. The summed E-state index contributed by atoms with van der Waals surface area (Å²) in [5, 5.41) is 4.93. The van der Waals surface area contributed by atoms with Crippen LogP contribution in [0.15, 0.2) is 48.9 Å². The van der Waals surface area contributed by atoms with Crippen LogP contribution in [0.2, 0.25) is 0 Å². The van der Waals surface area contributed by atoms with E-state index in [2.05, 4.69) is 15.1 Å². The van der Waals surface area contributed by atoms with Crippen molar-refractivity contribution in [3.63, 3.8) is 0 Å². The van der Waals surface area contributed by atoms with Crippen LogP contribution in [0.5, 0.6) is 0 Å². The molecule has 0 saturated carbocycles. The molecule has 5 heterocycles. The summed E-state index contributed by atoms with van der Waals surface area (Å²) in [5.74, 6) is -0.361. The second kappa shape index (κ2) is 8.80. The lowest BCUT2D eigenvalue weighted by Crippen LogP contribution is -2.31. The molecule has 0 radical (unpaired) electrons. The predicted molar refractivity (Wildman–Crippen MR) is 138 cm³/mol. The zero-order chi connectivity index (χ0) is 29.4. The number of alkyl halides is 3. The van der Waals surface area contributed by atoms with Crippen LogP contribution < -0.4 is 10.6 Å². The van der Waals surface area contributed by atoms with E-state index in [4.69, 9.17) is 13.2 Å². The summed E-state index contributed by atoms with van der Waals surface area (Å²) < 4.78 is 66.3. The first-order chi connectivity index (χ1) is 19.3. The van der Waals surface area contributed by atoms with Crippen molar-refractivity contribution in [3.8, 4) is 0 Å². The molecule has 200 valence electrons. The average Bonchev–Trinajstić information content (AvgIpc) is 3.60. The van der Waals surface area contributed by atoms with Gasteiger partial charge < -0.3 is 14.9 Å². The molecule has 1 aliphatic rings. The van der Waals surface area contributed by atoms with Crippen molar-refractivity contribution < 1.29 is 25.4 Å². The number of hydrogen-bond donors (Lipinski definition) is 1. The van der Waals surface area contributed by atoms with E-state index in [1.165, 1.54) is 16.9 Å². The fourth-order valence-corrected chi connectivity index (χ4v) is 4.88. The number of hydrogen-bond acceptors (Lipinski definition) is 6. The zero-order valence-electron chi connectivity index (χ0n) is 23.1. The van der Waals surface area contributed by atoms with Crippen LogP contribution in [0.1, 0.15) is 54.2 Å². The molecule has 39 heavy (non-hydrogen) atoms. The number of nitrogens with two attached hydrogens (primary N) is 1. The molecule has 1 aliphatic heterocycles. The molecule has 0 saturated heterocycles. The number of aromatic nitrogens is 5. The number of carbonyl (C=O) groups is 1. The number of ether oxygens (including phenoxy) is 1.